The van der Waals surface area contributed by atoms with Crippen molar-refractivity contribution in [1.82, 2.24) is 0 Å². The maximum atomic E-state index is 12.8. The molecule has 25 heavy (non-hydrogen) atoms. The number of benzene rings is 1. The molecule has 0 radical (unpaired) electrons. The zero-order valence-electron chi connectivity index (χ0n) is 14.5. The highest BCUT2D eigenvalue weighted by Crippen LogP contribution is 2.33. The molecule has 0 aliphatic heterocycles. The summed E-state index contributed by atoms with van der Waals surface area (Å²) in [4.78, 5) is 24.2. The first-order valence-corrected chi connectivity index (χ1v) is 9.26. The Morgan fingerprint density at radius 3 is 2.40 bits per heavy atom. The quantitative estimate of drug-likeness (QED) is 0.595. The second-order valence-electron chi connectivity index (χ2n) is 7.06. The van der Waals surface area contributed by atoms with Gasteiger partial charge in [-0.15, -0.1) is 0 Å². The highest BCUT2D eigenvalue weighted by molar-refractivity contribution is 6.00. The molecule has 0 unspecified atom stereocenters. The van der Waals surface area contributed by atoms with Gasteiger partial charge in [-0.1, -0.05) is 37.8 Å². The molecule has 3 rings (SSSR count). The first kappa shape index (κ1) is 17.9. The summed E-state index contributed by atoms with van der Waals surface area (Å²) in [5.41, 5.74) is 0.525. The number of ketones is 1. The first-order chi connectivity index (χ1) is 12.1. The van der Waals surface area contributed by atoms with Crippen LogP contribution in [0.25, 0.3) is 0 Å². The number of aliphatic carboxylic acids is 1. The number of Topliss-reactive ketones (excluding diaryl/α,β-unsaturated/α-hetero) is 1. The Hall–Kier alpha value is -1.88. The fourth-order valence-electron chi connectivity index (χ4n) is 3.95. The topological polar surface area (TPSA) is 72.8 Å². The van der Waals surface area contributed by atoms with E-state index in [0.717, 1.165) is 25.7 Å². The molecule has 2 aliphatic carbocycles. The van der Waals surface area contributed by atoms with Gasteiger partial charge in [0.1, 0.15) is 5.75 Å². The van der Waals surface area contributed by atoms with E-state index in [0.29, 0.717) is 24.2 Å². The van der Waals surface area contributed by atoms with E-state index in [4.69, 9.17) is 9.47 Å². The van der Waals surface area contributed by atoms with Crippen molar-refractivity contribution in [3.63, 3.8) is 0 Å². The molecule has 1 aromatic rings. The number of carbonyl (C=O) groups is 2. The molecule has 0 amide bonds. The summed E-state index contributed by atoms with van der Waals surface area (Å²) >= 11 is 0. The van der Waals surface area contributed by atoms with Crippen LogP contribution >= 0.6 is 0 Å². The second-order valence-corrected chi connectivity index (χ2v) is 7.06. The standard InChI is InChI=1S/C20H26O5/c21-19(17-10-3-4-11-18(17)20(22)23)14-6-5-9-16(12-14)25-13-24-15-7-1-2-8-15/h5-6,9,12,15,17-18H,1-4,7-8,10-11,13H2,(H,22,23)/t17-,18+/m0/s1. The van der Waals surface area contributed by atoms with E-state index in [1.807, 2.05) is 0 Å². The Kier molecular flexibility index (Phi) is 6.08. The Bertz CT molecular complexity index is 606. The third-order valence-electron chi connectivity index (χ3n) is 5.37. The summed E-state index contributed by atoms with van der Waals surface area (Å²) < 4.78 is 11.3. The smallest absolute Gasteiger partial charge is 0.307 e. The van der Waals surface area contributed by atoms with Crippen molar-refractivity contribution >= 4 is 11.8 Å². The van der Waals surface area contributed by atoms with Gasteiger partial charge in [0.25, 0.3) is 0 Å². The molecular weight excluding hydrogens is 320 g/mol. The SMILES string of the molecule is O=C(c1cccc(OCOC2CCCC2)c1)[C@H]1CCCC[C@H]1C(=O)O. The molecule has 2 saturated carbocycles. The summed E-state index contributed by atoms with van der Waals surface area (Å²) in [6.07, 6.45) is 7.88. The van der Waals surface area contributed by atoms with Gasteiger partial charge in [-0.05, 0) is 37.8 Å². The molecule has 0 saturated heterocycles. The average molecular weight is 346 g/mol. The minimum absolute atomic E-state index is 0.0886. The van der Waals surface area contributed by atoms with Crippen molar-refractivity contribution in [3.05, 3.63) is 29.8 Å². The highest BCUT2D eigenvalue weighted by Gasteiger charge is 2.36. The van der Waals surface area contributed by atoms with Crippen LogP contribution in [0.4, 0.5) is 0 Å². The van der Waals surface area contributed by atoms with Crippen molar-refractivity contribution in [2.45, 2.75) is 57.5 Å². The average Bonchev–Trinajstić information content (AvgIpc) is 3.15. The second kappa shape index (κ2) is 8.48. The molecule has 0 bridgehead atoms. The van der Waals surface area contributed by atoms with E-state index >= 15 is 0 Å². The largest absolute Gasteiger partial charge is 0.481 e. The van der Waals surface area contributed by atoms with Gasteiger partial charge in [-0.25, -0.2) is 0 Å². The highest BCUT2D eigenvalue weighted by atomic mass is 16.7. The van der Waals surface area contributed by atoms with Gasteiger partial charge in [0, 0.05) is 11.5 Å². The Morgan fingerprint density at radius 1 is 1.00 bits per heavy atom. The minimum atomic E-state index is -0.865. The summed E-state index contributed by atoms with van der Waals surface area (Å²) in [5.74, 6) is -1.37. The van der Waals surface area contributed by atoms with E-state index in [2.05, 4.69) is 0 Å². The van der Waals surface area contributed by atoms with Crippen molar-refractivity contribution in [1.29, 1.82) is 0 Å². The summed E-state index contributed by atoms with van der Waals surface area (Å²) in [7, 11) is 0. The van der Waals surface area contributed by atoms with Crippen molar-refractivity contribution in [2.24, 2.45) is 11.8 Å². The molecule has 5 heteroatoms. The molecule has 0 aromatic heterocycles. The van der Waals surface area contributed by atoms with Crippen LogP contribution in [0, 0.1) is 11.8 Å². The number of carbonyl (C=O) groups excluding carboxylic acids is 1. The zero-order valence-corrected chi connectivity index (χ0v) is 14.5. The molecule has 2 fully saturated rings. The van der Waals surface area contributed by atoms with Crippen LogP contribution < -0.4 is 4.74 Å². The van der Waals surface area contributed by atoms with Crippen LogP contribution in [0.5, 0.6) is 5.75 Å². The Labute approximate surface area is 148 Å². The molecule has 1 N–H and O–H groups in total. The van der Waals surface area contributed by atoms with Crippen LogP contribution in [0.1, 0.15) is 61.7 Å². The summed E-state index contributed by atoms with van der Waals surface area (Å²) in [6.45, 7) is 0.184. The lowest BCUT2D eigenvalue weighted by molar-refractivity contribution is -0.144. The number of rotatable bonds is 7. The van der Waals surface area contributed by atoms with Gasteiger partial charge >= 0.3 is 5.97 Å². The lowest BCUT2D eigenvalue weighted by Crippen LogP contribution is -2.32. The van der Waals surface area contributed by atoms with Crippen molar-refractivity contribution in [3.8, 4) is 5.75 Å². The van der Waals surface area contributed by atoms with E-state index in [1.165, 1.54) is 12.8 Å². The predicted molar refractivity (Wildman–Crippen MR) is 92.7 cm³/mol. The van der Waals surface area contributed by atoms with Crippen molar-refractivity contribution in [2.75, 3.05) is 6.79 Å². The molecular formula is C20H26O5. The fourth-order valence-corrected chi connectivity index (χ4v) is 3.95. The van der Waals surface area contributed by atoms with Crippen LogP contribution in [0.3, 0.4) is 0 Å². The first-order valence-electron chi connectivity index (χ1n) is 9.26. The molecule has 0 spiro atoms. The van der Waals surface area contributed by atoms with Gasteiger partial charge in [0.05, 0.1) is 12.0 Å². The van der Waals surface area contributed by atoms with Gasteiger partial charge in [0.2, 0.25) is 0 Å². The molecule has 2 atom stereocenters. The molecule has 0 heterocycles. The number of hydrogen-bond acceptors (Lipinski definition) is 4. The minimum Gasteiger partial charge on any atom is -0.481 e. The van der Waals surface area contributed by atoms with E-state index in [1.54, 1.807) is 24.3 Å². The Balaban J connectivity index is 1.61. The number of ether oxygens (including phenoxy) is 2. The van der Waals surface area contributed by atoms with E-state index in [9.17, 15) is 14.7 Å². The summed E-state index contributed by atoms with van der Waals surface area (Å²) in [5, 5.41) is 9.39. The molecule has 136 valence electrons. The number of carboxylic acids is 1. The van der Waals surface area contributed by atoms with Gasteiger partial charge in [0.15, 0.2) is 12.6 Å². The van der Waals surface area contributed by atoms with E-state index in [-0.39, 0.29) is 18.7 Å². The van der Waals surface area contributed by atoms with Crippen LogP contribution in [0.15, 0.2) is 24.3 Å². The van der Waals surface area contributed by atoms with Gasteiger partial charge < -0.3 is 14.6 Å². The van der Waals surface area contributed by atoms with Crippen LogP contribution in [-0.4, -0.2) is 29.8 Å². The molecule has 5 nitrogen and oxygen atoms in total. The predicted octanol–water partition coefficient (Wildman–Crippen LogP) is 4.06. The third-order valence-corrected chi connectivity index (χ3v) is 5.37. The fraction of sp³-hybridized carbons (Fsp3) is 0.600. The third kappa shape index (κ3) is 4.60. The lowest BCUT2D eigenvalue weighted by atomic mass is 9.75. The number of hydrogen-bond donors (Lipinski definition) is 1. The molecule has 2 aliphatic rings. The van der Waals surface area contributed by atoms with Gasteiger partial charge in [-0.3, -0.25) is 9.59 Å². The number of carboxylic acid groups (broad SMARTS) is 1. The zero-order chi connectivity index (χ0) is 17.6. The Morgan fingerprint density at radius 2 is 1.68 bits per heavy atom. The van der Waals surface area contributed by atoms with Crippen molar-refractivity contribution < 1.29 is 24.2 Å². The normalized spacial score (nSPS) is 24.2. The molecule has 1 aromatic carbocycles. The van der Waals surface area contributed by atoms with Crippen LogP contribution in [-0.2, 0) is 9.53 Å². The van der Waals surface area contributed by atoms with E-state index < -0.39 is 17.8 Å². The van der Waals surface area contributed by atoms with Gasteiger partial charge in [-0.2, -0.15) is 0 Å². The summed E-state index contributed by atoms with van der Waals surface area (Å²) in [6, 6.07) is 7.01. The van der Waals surface area contributed by atoms with Crippen LogP contribution in [0.2, 0.25) is 0 Å². The maximum Gasteiger partial charge on any atom is 0.307 e. The monoisotopic (exact) mass is 346 g/mol. The lowest BCUT2D eigenvalue weighted by Gasteiger charge is -2.27. The maximum absolute atomic E-state index is 12.8.